The van der Waals surface area contributed by atoms with Gasteiger partial charge in [-0.15, -0.1) is 0 Å². The van der Waals surface area contributed by atoms with Crippen molar-refractivity contribution >= 4 is 57.8 Å². The van der Waals surface area contributed by atoms with Crippen molar-refractivity contribution in [1.29, 1.82) is 0 Å². The lowest BCUT2D eigenvalue weighted by atomic mass is 10.1. The van der Waals surface area contributed by atoms with E-state index in [-0.39, 0.29) is 29.2 Å². The third-order valence-electron chi connectivity index (χ3n) is 4.87. The Bertz CT molecular complexity index is 1210. The molecule has 0 unspecified atom stereocenters. The Hall–Kier alpha value is -2.15. The lowest BCUT2D eigenvalue weighted by Gasteiger charge is -2.21. The number of fused-ring (bicyclic) bond motifs is 1. The zero-order chi connectivity index (χ0) is 20.9. The zero-order valence-electron chi connectivity index (χ0n) is 14.8. The van der Waals surface area contributed by atoms with E-state index < -0.39 is 22.1 Å². The van der Waals surface area contributed by atoms with Crippen LogP contribution in [0, 0.1) is 11.6 Å². The third kappa shape index (κ3) is 3.61. The summed E-state index contributed by atoms with van der Waals surface area (Å²) < 4.78 is 29.6. The average molecular weight is 458 g/mol. The number of hydrogen-bond donors (Lipinski definition) is 0. The molecule has 150 valence electrons. The molecule has 0 aliphatic heterocycles. The van der Waals surface area contributed by atoms with E-state index in [4.69, 9.17) is 34.8 Å². The van der Waals surface area contributed by atoms with Crippen LogP contribution in [0.1, 0.15) is 24.4 Å². The van der Waals surface area contributed by atoms with Crippen molar-refractivity contribution < 1.29 is 13.6 Å². The summed E-state index contributed by atoms with van der Waals surface area (Å²) in [5.41, 5.74) is 0.0866. The molecular weight excluding hydrogens is 445 g/mol. The summed E-state index contributed by atoms with van der Waals surface area (Å²) in [5.74, 6) is -2.43. The number of benzene rings is 2. The van der Waals surface area contributed by atoms with Crippen molar-refractivity contribution in [3.05, 3.63) is 73.0 Å². The standard InChI is InChI=1S/C20H13Cl3F2N2O2/c21-11-2-1-10(14(22)5-11)7-26(9-28)16-8-27(12-3-4-12)19-13(20(16)29)6-15(24)18(25)17(19)23/h1-2,5-6,8-9,12H,3-4,7H2. The molecule has 1 fully saturated rings. The van der Waals surface area contributed by atoms with Crippen LogP contribution < -0.4 is 10.3 Å². The molecule has 1 amide bonds. The van der Waals surface area contributed by atoms with E-state index in [1.165, 1.54) is 17.2 Å². The molecule has 2 aromatic carbocycles. The highest BCUT2D eigenvalue weighted by Crippen LogP contribution is 2.40. The number of pyridine rings is 1. The summed E-state index contributed by atoms with van der Waals surface area (Å²) >= 11 is 18.1. The minimum Gasteiger partial charge on any atom is -0.341 e. The fraction of sp³-hybridized carbons (Fsp3) is 0.200. The highest BCUT2D eigenvalue weighted by Gasteiger charge is 2.29. The second-order valence-electron chi connectivity index (χ2n) is 6.83. The number of anilines is 1. The molecule has 0 saturated heterocycles. The third-order valence-corrected chi connectivity index (χ3v) is 5.80. The monoisotopic (exact) mass is 456 g/mol. The number of aromatic nitrogens is 1. The zero-order valence-corrected chi connectivity index (χ0v) is 17.0. The van der Waals surface area contributed by atoms with Gasteiger partial charge in [-0.1, -0.05) is 40.9 Å². The summed E-state index contributed by atoms with van der Waals surface area (Å²) in [6.07, 6.45) is 3.56. The van der Waals surface area contributed by atoms with Crippen LogP contribution in [-0.4, -0.2) is 11.0 Å². The van der Waals surface area contributed by atoms with Gasteiger partial charge >= 0.3 is 0 Å². The van der Waals surface area contributed by atoms with Crippen LogP contribution in [0.5, 0.6) is 0 Å². The number of nitrogens with zero attached hydrogens (tertiary/aromatic N) is 2. The maximum atomic E-state index is 14.0. The Kier molecular flexibility index (Phi) is 5.27. The second-order valence-corrected chi connectivity index (χ2v) is 8.06. The van der Waals surface area contributed by atoms with Crippen LogP contribution in [0.2, 0.25) is 15.1 Å². The van der Waals surface area contributed by atoms with Crippen molar-refractivity contribution in [2.75, 3.05) is 4.90 Å². The molecule has 1 heterocycles. The largest absolute Gasteiger partial charge is 0.341 e. The summed E-state index contributed by atoms with van der Waals surface area (Å²) in [7, 11) is 0. The van der Waals surface area contributed by atoms with E-state index >= 15 is 0 Å². The van der Waals surface area contributed by atoms with Gasteiger partial charge in [0.05, 0.1) is 17.4 Å². The Morgan fingerprint density at radius 2 is 1.90 bits per heavy atom. The summed E-state index contributed by atoms with van der Waals surface area (Å²) in [5, 5.41) is 0.232. The Morgan fingerprint density at radius 1 is 1.17 bits per heavy atom. The van der Waals surface area contributed by atoms with Gasteiger partial charge < -0.3 is 9.47 Å². The molecule has 0 radical (unpaired) electrons. The van der Waals surface area contributed by atoms with Crippen LogP contribution in [0.25, 0.3) is 10.9 Å². The van der Waals surface area contributed by atoms with Gasteiger partial charge in [-0.2, -0.15) is 0 Å². The van der Waals surface area contributed by atoms with Crippen molar-refractivity contribution in [2.45, 2.75) is 25.4 Å². The van der Waals surface area contributed by atoms with E-state index in [9.17, 15) is 18.4 Å². The number of halogens is 5. The van der Waals surface area contributed by atoms with Crippen LogP contribution in [0.4, 0.5) is 14.5 Å². The molecule has 4 rings (SSSR count). The van der Waals surface area contributed by atoms with Gasteiger partial charge in [0.15, 0.2) is 11.6 Å². The molecule has 0 spiro atoms. The lowest BCUT2D eigenvalue weighted by molar-refractivity contribution is -0.107. The Balaban J connectivity index is 1.90. The fourth-order valence-electron chi connectivity index (χ4n) is 3.26. The first-order valence-corrected chi connectivity index (χ1v) is 9.83. The van der Waals surface area contributed by atoms with Crippen molar-refractivity contribution in [3.8, 4) is 0 Å². The van der Waals surface area contributed by atoms with Crippen LogP contribution in [-0.2, 0) is 11.3 Å². The number of rotatable bonds is 5. The number of carbonyl (C=O) groups excluding carboxylic acids is 1. The molecule has 29 heavy (non-hydrogen) atoms. The lowest BCUT2D eigenvalue weighted by Crippen LogP contribution is -2.28. The number of amides is 1. The first-order chi connectivity index (χ1) is 13.8. The number of carbonyl (C=O) groups is 1. The Morgan fingerprint density at radius 3 is 2.52 bits per heavy atom. The summed E-state index contributed by atoms with van der Waals surface area (Å²) in [6.45, 7) is 0.00231. The van der Waals surface area contributed by atoms with E-state index in [2.05, 4.69) is 0 Å². The SMILES string of the molecule is O=CN(Cc1ccc(Cl)cc1Cl)c1cn(C2CC2)c2c(Cl)c(F)c(F)cc2c1=O. The fourth-order valence-corrected chi connectivity index (χ4v) is 4.02. The van der Waals surface area contributed by atoms with Gasteiger partial charge in [0.2, 0.25) is 11.8 Å². The maximum absolute atomic E-state index is 14.0. The average Bonchev–Trinajstić information content (AvgIpc) is 3.52. The van der Waals surface area contributed by atoms with E-state index in [1.807, 2.05) is 0 Å². The minimum absolute atomic E-state index is 0.00231. The van der Waals surface area contributed by atoms with Gasteiger partial charge in [0, 0.05) is 22.3 Å². The van der Waals surface area contributed by atoms with E-state index in [0.717, 1.165) is 18.9 Å². The topological polar surface area (TPSA) is 42.3 Å². The minimum atomic E-state index is -1.22. The van der Waals surface area contributed by atoms with Crippen LogP contribution in [0.3, 0.4) is 0 Å². The first-order valence-electron chi connectivity index (χ1n) is 8.70. The van der Waals surface area contributed by atoms with Crippen LogP contribution >= 0.6 is 34.8 Å². The van der Waals surface area contributed by atoms with E-state index in [1.54, 1.807) is 16.7 Å². The van der Waals surface area contributed by atoms with E-state index in [0.29, 0.717) is 22.0 Å². The highest BCUT2D eigenvalue weighted by molar-refractivity contribution is 6.35. The van der Waals surface area contributed by atoms with Gasteiger partial charge in [0.25, 0.3) is 0 Å². The predicted molar refractivity (Wildman–Crippen MR) is 110 cm³/mol. The van der Waals surface area contributed by atoms with Crippen molar-refractivity contribution in [3.63, 3.8) is 0 Å². The molecule has 1 aliphatic rings. The predicted octanol–water partition coefficient (Wildman–Crippen LogP) is 5.74. The molecule has 3 aromatic rings. The summed E-state index contributed by atoms with van der Waals surface area (Å²) in [6, 6.07) is 5.61. The molecule has 0 bridgehead atoms. The molecule has 0 N–H and O–H groups in total. The smallest absolute Gasteiger partial charge is 0.214 e. The molecule has 1 saturated carbocycles. The normalized spacial score (nSPS) is 13.7. The molecule has 1 aliphatic carbocycles. The Labute approximate surface area is 179 Å². The van der Waals surface area contributed by atoms with Gasteiger partial charge in [-0.25, -0.2) is 8.78 Å². The molecule has 9 heteroatoms. The second kappa shape index (κ2) is 7.59. The number of hydrogen-bond acceptors (Lipinski definition) is 2. The van der Waals surface area contributed by atoms with Gasteiger partial charge in [-0.3, -0.25) is 9.59 Å². The first kappa shape index (κ1) is 20.1. The highest BCUT2D eigenvalue weighted by atomic mass is 35.5. The molecular formula is C20H13Cl3F2N2O2. The molecule has 0 atom stereocenters. The molecule has 1 aromatic heterocycles. The molecule has 4 nitrogen and oxygen atoms in total. The van der Waals surface area contributed by atoms with Crippen molar-refractivity contribution in [1.82, 2.24) is 4.57 Å². The van der Waals surface area contributed by atoms with Crippen LogP contribution in [0.15, 0.2) is 35.3 Å². The maximum Gasteiger partial charge on any atom is 0.214 e. The van der Waals surface area contributed by atoms with Crippen molar-refractivity contribution in [2.24, 2.45) is 0 Å². The van der Waals surface area contributed by atoms with Gasteiger partial charge in [-0.05, 0) is 36.6 Å². The summed E-state index contributed by atoms with van der Waals surface area (Å²) in [4.78, 5) is 26.0. The van der Waals surface area contributed by atoms with Gasteiger partial charge in [0.1, 0.15) is 10.7 Å². The quantitative estimate of drug-likeness (QED) is 0.362.